The summed E-state index contributed by atoms with van der Waals surface area (Å²) in [6.45, 7) is 0.213. The largest absolute Gasteiger partial charge is 0.370 e. The number of morpholine rings is 1. The zero-order valence-corrected chi connectivity index (χ0v) is 17.6. The van der Waals surface area contributed by atoms with Crippen molar-refractivity contribution in [3.8, 4) is 0 Å². The highest BCUT2D eigenvalue weighted by Crippen LogP contribution is 2.32. The molecule has 0 saturated carbocycles. The number of carbonyl (C=O) groups is 3. The lowest BCUT2D eigenvalue weighted by molar-refractivity contribution is -0.125. The molecule has 0 bridgehead atoms. The Labute approximate surface area is 185 Å². The fourth-order valence-corrected chi connectivity index (χ4v) is 3.81. The van der Waals surface area contributed by atoms with E-state index in [1.54, 1.807) is 6.07 Å². The first kappa shape index (κ1) is 23.1. The average molecular weight is 473 g/mol. The number of carbonyl (C=O) groups excluding carboxylic acids is 3. The van der Waals surface area contributed by atoms with Crippen LogP contribution in [-0.2, 0) is 14.3 Å². The van der Waals surface area contributed by atoms with E-state index < -0.39 is 29.8 Å². The third-order valence-corrected chi connectivity index (χ3v) is 5.67. The van der Waals surface area contributed by atoms with Crippen LogP contribution in [-0.4, -0.2) is 50.1 Å². The van der Waals surface area contributed by atoms with E-state index in [1.807, 2.05) is 0 Å². The molecule has 12 heteroatoms. The first-order chi connectivity index (χ1) is 14.8. The molecule has 1 aliphatic heterocycles. The van der Waals surface area contributed by atoms with Crippen molar-refractivity contribution in [2.24, 2.45) is 5.73 Å². The number of nitrogens with two attached hydrogens (primary N) is 1. The van der Waals surface area contributed by atoms with Crippen LogP contribution in [0.5, 0.6) is 0 Å². The smallest absolute Gasteiger partial charge is 0.265 e. The number of benzene rings is 1. The lowest BCUT2D eigenvalue weighted by Gasteiger charge is -2.27. The molecule has 2 heterocycles. The maximum absolute atomic E-state index is 13.6. The summed E-state index contributed by atoms with van der Waals surface area (Å²) >= 11 is 6.85. The number of anilines is 2. The van der Waals surface area contributed by atoms with Crippen LogP contribution in [0.2, 0.25) is 4.34 Å². The lowest BCUT2D eigenvalue weighted by atomic mass is 10.1. The van der Waals surface area contributed by atoms with E-state index in [-0.39, 0.29) is 37.0 Å². The van der Waals surface area contributed by atoms with E-state index in [0.29, 0.717) is 15.8 Å². The van der Waals surface area contributed by atoms with Gasteiger partial charge in [-0.05, 0) is 30.3 Å². The molecular formula is C19H19ClF2N4O4S. The van der Waals surface area contributed by atoms with Crippen LogP contribution in [0.15, 0.2) is 30.3 Å². The van der Waals surface area contributed by atoms with Gasteiger partial charge in [-0.3, -0.25) is 14.4 Å². The van der Waals surface area contributed by atoms with Gasteiger partial charge < -0.3 is 26.0 Å². The fourth-order valence-electron chi connectivity index (χ4n) is 2.85. The number of hydrogen-bond acceptors (Lipinski definition) is 6. The molecule has 1 aliphatic rings. The molecule has 0 radical (unpaired) electrons. The monoisotopic (exact) mass is 472 g/mol. The fraction of sp³-hybridized carbons (Fsp3) is 0.316. The number of nitrogens with zero attached hydrogens (tertiary/aromatic N) is 1. The predicted molar refractivity (Wildman–Crippen MR) is 113 cm³/mol. The number of nitrogens with one attached hydrogen (secondary N) is 2. The van der Waals surface area contributed by atoms with Gasteiger partial charge in [-0.25, -0.2) is 8.78 Å². The minimum Gasteiger partial charge on any atom is -0.370 e. The summed E-state index contributed by atoms with van der Waals surface area (Å²) in [5.41, 5.74) is 5.49. The molecule has 1 aromatic carbocycles. The highest BCUT2D eigenvalue weighted by molar-refractivity contribution is 7.18. The molecule has 2 aromatic rings. The van der Waals surface area contributed by atoms with Gasteiger partial charge in [0.15, 0.2) is 0 Å². The number of halogens is 3. The molecule has 8 nitrogen and oxygen atoms in total. The van der Waals surface area contributed by atoms with Crippen LogP contribution in [0.4, 0.5) is 20.2 Å². The van der Waals surface area contributed by atoms with Crippen molar-refractivity contribution in [1.82, 2.24) is 5.32 Å². The molecule has 1 atom stereocenters. The van der Waals surface area contributed by atoms with Crippen molar-refractivity contribution >= 4 is 52.0 Å². The maximum Gasteiger partial charge on any atom is 0.265 e. The Morgan fingerprint density at radius 2 is 2.06 bits per heavy atom. The molecule has 0 unspecified atom stereocenters. The van der Waals surface area contributed by atoms with E-state index in [0.717, 1.165) is 17.4 Å². The summed E-state index contributed by atoms with van der Waals surface area (Å²) in [5.74, 6) is -1.54. The van der Waals surface area contributed by atoms with E-state index >= 15 is 0 Å². The van der Waals surface area contributed by atoms with Gasteiger partial charge in [0, 0.05) is 30.0 Å². The summed E-state index contributed by atoms with van der Waals surface area (Å²) < 4.78 is 32.7. The number of thiophene rings is 1. The number of alkyl halides is 2. The molecule has 1 fully saturated rings. The number of rotatable bonds is 7. The van der Waals surface area contributed by atoms with E-state index in [1.165, 1.54) is 23.1 Å². The van der Waals surface area contributed by atoms with Crippen molar-refractivity contribution in [1.29, 1.82) is 0 Å². The zero-order chi connectivity index (χ0) is 22.5. The van der Waals surface area contributed by atoms with Gasteiger partial charge in [-0.15, -0.1) is 11.3 Å². The summed E-state index contributed by atoms with van der Waals surface area (Å²) in [6, 6.07) is 5.81. The lowest BCUT2D eigenvalue weighted by Crippen LogP contribution is -2.45. The quantitative estimate of drug-likeness (QED) is 0.572. The Balaban J connectivity index is 1.65. The summed E-state index contributed by atoms with van der Waals surface area (Å²) in [7, 11) is 0. The van der Waals surface area contributed by atoms with Crippen molar-refractivity contribution in [3.63, 3.8) is 0 Å². The molecule has 4 N–H and O–H groups in total. The molecule has 31 heavy (non-hydrogen) atoms. The van der Waals surface area contributed by atoms with Gasteiger partial charge in [-0.1, -0.05) is 11.6 Å². The topological polar surface area (TPSA) is 114 Å². The molecular weight excluding hydrogens is 454 g/mol. The van der Waals surface area contributed by atoms with Gasteiger partial charge in [0.2, 0.25) is 5.91 Å². The van der Waals surface area contributed by atoms with Crippen LogP contribution < -0.4 is 21.3 Å². The predicted octanol–water partition coefficient (Wildman–Crippen LogP) is 2.40. The van der Waals surface area contributed by atoms with Gasteiger partial charge >= 0.3 is 0 Å². The maximum atomic E-state index is 13.6. The highest BCUT2D eigenvalue weighted by atomic mass is 35.5. The first-order valence-corrected chi connectivity index (χ1v) is 10.4. The second kappa shape index (κ2) is 10.1. The third-order valence-electron chi connectivity index (χ3n) is 4.44. The minimum atomic E-state index is -2.90. The highest BCUT2D eigenvalue weighted by Gasteiger charge is 2.24. The standard InChI is InChI=1S/C19H19ClF2N4O4S/c20-15-4-3-14(31-15)19(29)24-8-12(23)18(28)25-13-2-1-10(7-11(13)17(21)22)26-5-6-30-9-16(26)27/h1-4,7,12,17H,5-6,8-9,23H2,(H,24,29)(H,25,28)/t12-/m0/s1. The Kier molecular flexibility index (Phi) is 7.55. The van der Waals surface area contributed by atoms with Crippen LogP contribution in [0.1, 0.15) is 21.7 Å². The average Bonchev–Trinajstić information content (AvgIpc) is 3.18. The Morgan fingerprint density at radius 3 is 2.71 bits per heavy atom. The van der Waals surface area contributed by atoms with Gasteiger partial charge in [0.1, 0.15) is 12.6 Å². The van der Waals surface area contributed by atoms with Crippen LogP contribution in [0.3, 0.4) is 0 Å². The SMILES string of the molecule is N[C@@H](CNC(=O)c1ccc(Cl)s1)C(=O)Nc1ccc(N2CCOCC2=O)cc1C(F)F. The summed E-state index contributed by atoms with van der Waals surface area (Å²) in [4.78, 5) is 38.0. The molecule has 166 valence electrons. The third kappa shape index (κ3) is 5.76. The second-order valence-corrected chi connectivity index (χ2v) is 8.29. The van der Waals surface area contributed by atoms with Crippen LogP contribution in [0.25, 0.3) is 0 Å². The second-order valence-electron chi connectivity index (χ2n) is 6.58. The molecule has 1 aromatic heterocycles. The Morgan fingerprint density at radius 1 is 1.29 bits per heavy atom. The van der Waals surface area contributed by atoms with Crippen molar-refractivity contribution in [2.45, 2.75) is 12.5 Å². The summed E-state index contributed by atoms with van der Waals surface area (Å²) in [6.07, 6.45) is -2.90. The van der Waals surface area contributed by atoms with Crippen molar-refractivity contribution < 1.29 is 27.9 Å². The molecule has 0 aliphatic carbocycles. The Bertz CT molecular complexity index is 988. The molecule has 1 saturated heterocycles. The first-order valence-electron chi connectivity index (χ1n) is 9.16. The van der Waals surface area contributed by atoms with Crippen molar-refractivity contribution in [2.75, 3.05) is 36.5 Å². The molecule has 3 amide bonds. The van der Waals surface area contributed by atoms with Crippen LogP contribution in [0, 0.1) is 0 Å². The zero-order valence-electron chi connectivity index (χ0n) is 16.1. The summed E-state index contributed by atoms with van der Waals surface area (Å²) in [5, 5.41) is 4.85. The minimum absolute atomic E-state index is 0.124. The van der Waals surface area contributed by atoms with Crippen molar-refractivity contribution in [3.05, 3.63) is 45.1 Å². The van der Waals surface area contributed by atoms with E-state index in [9.17, 15) is 23.2 Å². The normalized spacial score (nSPS) is 15.1. The Hall–Kier alpha value is -2.60. The van der Waals surface area contributed by atoms with Gasteiger partial charge in [-0.2, -0.15) is 0 Å². The van der Waals surface area contributed by atoms with Gasteiger partial charge in [0.05, 0.1) is 15.8 Å². The van der Waals surface area contributed by atoms with E-state index in [2.05, 4.69) is 10.6 Å². The molecule has 3 rings (SSSR count). The number of ether oxygens (including phenoxy) is 1. The number of amides is 3. The van der Waals surface area contributed by atoms with Gasteiger partial charge in [0.25, 0.3) is 18.2 Å². The number of hydrogen-bond donors (Lipinski definition) is 3. The van der Waals surface area contributed by atoms with Crippen LogP contribution >= 0.6 is 22.9 Å². The van der Waals surface area contributed by atoms with E-state index in [4.69, 9.17) is 22.1 Å². The molecule has 0 spiro atoms.